The number of fused-ring (bicyclic) bond motifs is 1. The van der Waals surface area contributed by atoms with Gasteiger partial charge in [0, 0.05) is 36.4 Å². The number of sulfonamides is 1. The first-order chi connectivity index (χ1) is 17.7. The van der Waals surface area contributed by atoms with Gasteiger partial charge in [-0.1, -0.05) is 69.8 Å². The van der Waals surface area contributed by atoms with Gasteiger partial charge in [0.05, 0.1) is 8.12 Å². The van der Waals surface area contributed by atoms with Crippen molar-refractivity contribution in [3.05, 3.63) is 82.9 Å². The molecule has 0 radical (unpaired) electrons. The summed E-state index contributed by atoms with van der Waals surface area (Å²) in [4.78, 5) is 19.5. The highest BCUT2D eigenvalue weighted by Gasteiger charge is 2.36. The number of nitrogens with zero attached hydrogens (tertiary/aromatic N) is 2. The van der Waals surface area contributed by atoms with E-state index < -0.39 is 10.0 Å². The van der Waals surface area contributed by atoms with Gasteiger partial charge in [0.2, 0.25) is 0 Å². The SMILES string of the molecule is CNc1nc2c(S(=O)(=O)Nc3ccc(C(=O)N4CCC(I)(c5ccccc5Cl)CC4)cc3)cccc2s1. The molecule has 1 aliphatic heterocycles. The van der Waals surface area contributed by atoms with Gasteiger partial charge in [0.25, 0.3) is 15.9 Å². The number of rotatable bonds is 6. The summed E-state index contributed by atoms with van der Waals surface area (Å²) in [5.74, 6) is -0.0705. The van der Waals surface area contributed by atoms with Gasteiger partial charge in [-0.25, -0.2) is 13.4 Å². The number of amides is 1. The van der Waals surface area contributed by atoms with Crippen molar-refractivity contribution in [3.8, 4) is 0 Å². The molecular weight excluding hydrogens is 643 g/mol. The smallest absolute Gasteiger partial charge is 0.264 e. The number of aromatic nitrogens is 1. The number of para-hydroxylation sites is 1. The number of benzene rings is 3. The van der Waals surface area contributed by atoms with Crippen LogP contribution in [0.3, 0.4) is 0 Å². The third-order valence-electron chi connectivity index (χ3n) is 6.47. The third-order valence-corrected chi connectivity index (χ3v) is 10.9. The van der Waals surface area contributed by atoms with E-state index in [-0.39, 0.29) is 14.2 Å². The van der Waals surface area contributed by atoms with E-state index in [9.17, 15) is 13.2 Å². The molecule has 1 fully saturated rings. The van der Waals surface area contributed by atoms with E-state index in [0.29, 0.717) is 35.0 Å². The lowest BCUT2D eigenvalue weighted by atomic mass is 9.89. The van der Waals surface area contributed by atoms with Crippen LogP contribution >= 0.6 is 45.5 Å². The summed E-state index contributed by atoms with van der Waals surface area (Å²) in [6.45, 7) is 1.24. The Morgan fingerprint density at radius 3 is 2.43 bits per heavy atom. The first-order valence-corrected chi connectivity index (χ1v) is 15.4. The summed E-state index contributed by atoms with van der Waals surface area (Å²) in [7, 11) is -2.13. The number of halogens is 2. The fraction of sp³-hybridized carbons (Fsp3) is 0.231. The van der Waals surface area contributed by atoms with E-state index in [0.717, 1.165) is 28.1 Å². The number of hydrogen-bond acceptors (Lipinski definition) is 6. The quantitative estimate of drug-likeness (QED) is 0.185. The van der Waals surface area contributed by atoms with Gasteiger partial charge in [0.1, 0.15) is 10.4 Å². The number of piperidine rings is 1. The van der Waals surface area contributed by atoms with Crippen molar-refractivity contribution >= 4 is 82.5 Å². The first kappa shape index (κ1) is 26.2. The van der Waals surface area contributed by atoms with Gasteiger partial charge < -0.3 is 10.2 Å². The minimum Gasteiger partial charge on any atom is -0.365 e. The Morgan fingerprint density at radius 2 is 1.76 bits per heavy atom. The van der Waals surface area contributed by atoms with Crippen molar-refractivity contribution in [3.63, 3.8) is 0 Å². The molecule has 0 spiro atoms. The molecule has 7 nitrogen and oxygen atoms in total. The molecule has 1 aliphatic rings. The lowest BCUT2D eigenvalue weighted by Gasteiger charge is -2.38. The van der Waals surface area contributed by atoms with Gasteiger partial charge in [-0.15, -0.1) is 0 Å². The van der Waals surface area contributed by atoms with Crippen molar-refractivity contribution in [2.24, 2.45) is 0 Å². The van der Waals surface area contributed by atoms with E-state index in [1.54, 1.807) is 37.4 Å². The van der Waals surface area contributed by atoms with Crippen LogP contribution in [0.15, 0.2) is 71.6 Å². The Kier molecular flexibility index (Phi) is 7.36. The minimum absolute atomic E-state index is 0.0705. The van der Waals surface area contributed by atoms with Crippen molar-refractivity contribution in [1.82, 2.24) is 9.88 Å². The van der Waals surface area contributed by atoms with Crippen molar-refractivity contribution in [2.75, 3.05) is 30.2 Å². The van der Waals surface area contributed by atoms with E-state index in [2.05, 4.69) is 43.7 Å². The molecule has 4 aromatic rings. The molecule has 5 rings (SSSR count). The second-order valence-electron chi connectivity index (χ2n) is 8.79. The summed E-state index contributed by atoms with van der Waals surface area (Å²) in [6.07, 6.45) is 1.61. The summed E-state index contributed by atoms with van der Waals surface area (Å²) in [5, 5.41) is 4.35. The molecule has 1 amide bonds. The molecule has 192 valence electrons. The van der Waals surface area contributed by atoms with Crippen LogP contribution in [0.2, 0.25) is 5.02 Å². The number of carbonyl (C=O) groups is 1. The number of likely N-dealkylation sites (tertiary alicyclic amines) is 1. The maximum atomic E-state index is 13.2. The van der Waals surface area contributed by atoms with E-state index >= 15 is 0 Å². The molecule has 2 heterocycles. The van der Waals surface area contributed by atoms with Crippen molar-refractivity contribution < 1.29 is 13.2 Å². The van der Waals surface area contributed by atoms with Gasteiger partial charge >= 0.3 is 0 Å². The van der Waals surface area contributed by atoms with Gasteiger partial charge in [-0.05, 0) is 60.9 Å². The number of hydrogen-bond donors (Lipinski definition) is 2. The second kappa shape index (κ2) is 10.4. The number of alkyl halides is 1. The molecule has 0 aliphatic carbocycles. The zero-order valence-corrected chi connectivity index (χ0v) is 24.4. The van der Waals surface area contributed by atoms with Crippen molar-refractivity contribution in [1.29, 1.82) is 0 Å². The maximum absolute atomic E-state index is 13.2. The van der Waals surface area contributed by atoms with E-state index in [1.165, 1.54) is 17.4 Å². The molecule has 37 heavy (non-hydrogen) atoms. The van der Waals surface area contributed by atoms with Crippen LogP contribution in [0, 0.1) is 0 Å². The molecule has 0 atom stereocenters. The summed E-state index contributed by atoms with van der Waals surface area (Å²) in [5.41, 5.74) is 2.42. The number of carbonyl (C=O) groups excluding carboxylic acids is 1. The number of thiazole rings is 1. The van der Waals surface area contributed by atoms with Crippen LogP contribution in [-0.2, 0) is 13.4 Å². The molecule has 11 heteroatoms. The Labute approximate surface area is 238 Å². The molecule has 2 N–H and O–H groups in total. The topological polar surface area (TPSA) is 91.4 Å². The molecule has 0 unspecified atom stereocenters. The normalized spacial score (nSPS) is 15.5. The molecule has 3 aromatic carbocycles. The van der Waals surface area contributed by atoms with E-state index in [4.69, 9.17) is 11.6 Å². The predicted molar refractivity (Wildman–Crippen MR) is 159 cm³/mol. The highest BCUT2D eigenvalue weighted by atomic mass is 127. The Balaban J connectivity index is 1.27. The summed E-state index contributed by atoms with van der Waals surface area (Å²) >= 11 is 10.3. The number of nitrogens with one attached hydrogen (secondary N) is 2. The van der Waals surface area contributed by atoms with Crippen LogP contribution in [0.1, 0.15) is 28.8 Å². The Bertz CT molecular complexity index is 1570. The second-order valence-corrected chi connectivity index (χ2v) is 13.9. The highest BCUT2D eigenvalue weighted by molar-refractivity contribution is 14.1. The molecular formula is C26H24ClIN4O3S2. The first-order valence-electron chi connectivity index (χ1n) is 11.6. The third kappa shape index (κ3) is 5.29. The average Bonchev–Trinajstić information content (AvgIpc) is 3.33. The Morgan fingerprint density at radius 1 is 1.05 bits per heavy atom. The van der Waals surface area contributed by atoms with Crippen LogP contribution in [-0.4, -0.2) is 44.3 Å². The van der Waals surface area contributed by atoms with Crippen LogP contribution in [0.4, 0.5) is 10.8 Å². The summed E-state index contributed by atoms with van der Waals surface area (Å²) < 4.78 is 29.5. The summed E-state index contributed by atoms with van der Waals surface area (Å²) in [6, 6.07) is 19.5. The molecule has 0 saturated carbocycles. The number of anilines is 2. The average molecular weight is 667 g/mol. The largest absolute Gasteiger partial charge is 0.365 e. The monoisotopic (exact) mass is 666 g/mol. The zero-order chi connectivity index (χ0) is 26.2. The van der Waals surface area contributed by atoms with E-state index in [1.807, 2.05) is 29.2 Å². The zero-order valence-electron chi connectivity index (χ0n) is 19.9. The maximum Gasteiger partial charge on any atom is 0.264 e. The highest BCUT2D eigenvalue weighted by Crippen LogP contribution is 2.44. The fourth-order valence-electron chi connectivity index (χ4n) is 4.48. The van der Waals surface area contributed by atoms with Gasteiger partial charge in [0.15, 0.2) is 5.13 Å². The lowest BCUT2D eigenvalue weighted by molar-refractivity contribution is 0.0708. The van der Waals surface area contributed by atoms with Gasteiger partial charge in [-0.2, -0.15) is 0 Å². The Hall–Kier alpha value is -2.41. The standard InChI is InChI=1S/C26H24ClIN4O3S2/c1-29-25-30-23-21(36-25)7-4-8-22(23)37(34,35)31-18-11-9-17(10-12-18)24(33)32-15-13-26(28,14-16-32)19-5-2-3-6-20(19)27/h2-12,31H,13-16H2,1H3,(H,29,30). The molecule has 1 aromatic heterocycles. The van der Waals surface area contributed by atoms with Gasteiger partial charge in [-0.3, -0.25) is 9.52 Å². The van der Waals surface area contributed by atoms with Crippen LogP contribution in [0.25, 0.3) is 10.2 Å². The molecule has 1 saturated heterocycles. The van der Waals surface area contributed by atoms with Crippen molar-refractivity contribution in [2.45, 2.75) is 21.2 Å². The molecule has 0 bridgehead atoms. The fourth-order valence-corrected chi connectivity index (χ4v) is 8.04. The lowest BCUT2D eigenvalue weighted by Crippen LogP contribution is -2.42. The van der Waals surface area contributed by atoms with Crippen LogP contribution in [0.5, 0.6) is 0 Å². The minimum atomic E-state index is -3.87. The predicted octanol–water partition coefficient (Wildman–Crippen LogP) is 6.36. The van der Waals surface area contributed by atoms with Crippen LogP contribution < -0.4 is 10.0 Å².